The van der Waals surface area contributed by atoms with Crippen molar-refractivity contribution in [1.82, 2.24) is 0 Å². The summed E-state index contributed by atoms with van der Waals surface area (Å²) in [6.07, 6.45) is 1.18. The summed E-state index contributed by atoms with van der Waals surface area (Å²) in [6, 6.07) is 9.99. The number of rotatable bonds is 5. The predicted molar refractivity (Wildman–Crippen MR) is 66.2 cm³/mol. The maximum Gasteiger partial charge on any atom is 0.303 e. The Bertz CT molecular complexity index is 404. The van der Waals surface area contributed by atoms with Gasteiger partial charge < -0.3 is 14.6 Å². The van der Waals surface area contributed by atoms with Crippen LogP contribution in [-0.2, 0) is 20.7 Å². The topological polar surface area (TPSA) is 55.8 Å². The molecule has 1 fully saturated rings. The van der Waals surface area contributed by atoms with Crippen LogP contribution in [0.25, 0.3) is 0 Å². The summed E-state index contributed by atoms with van der Waals surface area (Å²) in [5, 5.41) is 8.64. The number of hydrogen-bond donors (Lipinski definition) is 1. The van der Waals surface area contributed by atoms with E-state index in [0.29, 0.717) is 19.4 Å². The van der Waals surface area contributed by atoms with Crippen molar-refractivity contribution in [2.45, 2.75) is 38.1 Å². The molecule has 1 N–H and O–H groups in total. The van der Waals surface area contributed by atoms with Crippen LogP contribution in [0.15, 0.2) is 30.3 Å². The van der Waals surface area contributed by atoms with Gasteiger partial charge in [-0.1, -0.05) is 30.3 Å². The van der Waals surface area contributed by atoms with Crippen LogP contribution in [0, 0.1) is 0 Å². The van der Waals surface area contributed by atoms with E-state index in [-0.39, 0.29) is 12.5 Å². The third-order valence-electron chi connectivity index (χ3n) is 3.04. The Labute approximate surface area is 107 Å². The third kappa shape index (κ3) is 3.55. The zero-order valence-electron chi connectivity index (χ0n) is 10.5. The van der Waals surface area contributed by atoms with Gasteiger partial charge in [0.2, 0.25) is 0 Å². The third-order valence-corrected chi connectivity index (χ3v) is 3.04. The first-order valence-electron chi connectivity index (χ1n) is 6.15. The van der Waals surface area contributed by atoms with E-state index in [1.807, 2.05) is 37.3 Å². The molecule has 1 aliphatic rings. The highest BCUT2D eigenvalue weighted by atomic mass is 16.7. The van der Waals surface area contributed by atoms with Gasteiger partial charge in [-0.25, -0.2) is 0 Å². The van der Waals surface area contributed by atoms with Gasteiger partial charge in [0.15, 0.2) is 5.79 Å². The molecule has 18 heavy (non-hydrogen) atoms. The Morgan fingerprint density at radius 3 is 2.83 bits per heavy atom. The Morgan fingerprint density at radius 2 is 2.17 bits per heavy atom. The lowest BCUT2D eigenvalue weighted by Gasteiger charge is -2.23. The number of hydrogen-bond acceptors (Lipinski definition) is 3. The van der Waals surface area contributed by atoms with Gasteiger partial charge >= 0.3 is 5.97 Å². The van der Waals surface area contributed by atoms with Crippen LogP contribution in [0.3, 0.4) is 0 Å². The lowest BCUT2D eigenvalue weighted by atomic mass is 10.1. The lowest BCUT2D eigenvalue weighted by Crippen LogP contribution is -2.29. The largest absolute Gasteiger partial charge is 0.481 e. The lowest BCUT2D eigenvalue weighted by molar-refractivity contribution is -0.155. The summed E-state index contributed by atoms with van der Waals surface area (Å²) >= 11 is 0. The van der Waals surface area contributed by atoms with Crippen molar-refractivity contribution in [1.29, 1.82) is 0 Å². The molecule has 0 aromatic heterocycles. The monoisotopic (exact) mass is 250 g/mol. The molecule has 0 aliphatic carbocycles. The molecule has 1 aliphatic heterocycles. The second-order valence-electron chi connectivity index (χ2n) is 4.78. The number of benzene rings is 1. The van der Waals surface area contributed by atoms with E-state index in [0.717, 1.165) is 5.56 Å². The average molecular weight is 250 g/mol. The van der Waals surface area contributed by atoms with Gasteiger partial charge in [0.1, 0.15) is 0 Å². The van der Waals surface area contributed by atoms with E-state index in [4.69, 9.17) is 14.6 Å². The van der Waals surface area contributed by atoms with Crippen molar-refractivity contribution in [2.75, 3.05) is 6.61 Å². The number of ether oxygens (including phenoxy) is 2. The first-order chi connectivity index (χ1) is 8.57. The molecule has 0 saturated carbocycles. The van der Waals surface area contributed by atoms with Gasteiger partial charge in [0.05, 0.1) is 12.7 Å². The minimum Gasteiger partial charge on any atom is -0.481 e. The van der Waals surface area contributed by atoms with Crippen LogP contribution in [0.4, 0.5) is 0 Å². The molecule has 1 aromatic carbocycles. The van der Waals surface area contributed by atoms with E-state index in [1.165, 1.54) is 0 Å². The summed E-state index contributed by atoms with van der Waals surface area (Å²) in [4.78, 5) is 10.5. The van der Waals surface area contributed by atoms with Gasteiger partial charge in [0, 0.05) is 12.8 Å². The van der Waals surface area contributed by atoms with Crippen molar-refractivity contribution in [2.24, 2.45) is 0 Å². The maximum atomic E-state index is 10.5. The van der Waals surface area contributed by atoms with Crippen LogP contribution in [0.2, 0.25) is 0 Å². The average Bonchev–Trinajstić information content (AvgIpc) is 2.69. The highest BCUT2D eigenvalue weighted by molar-refractivity contribution is 5.66. The molecule has 4 heteroatoms. The van der Waals surface area contributed by atoms with E-state index >= 15 is 0 Å². The molecule has 0 radical (unpaired) electrons. The molecule has 2 unspecified atom stereocenters. The molecule has 1 saturated heterocycles. The number of carbonyl (C=O) groups is 1. The fourth-order valence-corrected chi connectivity index (χ4v) is 2.18. The first-order valence-corrected chi connectivity index (χ1v) is 6.15. The number of aliphatic carboxylic acids is 1. The zero-order chi connectivity index (χ0) is 13.0. The Hall–Kier alpha value is -1.39. The van der Waals surface area contributed by atoms with Gasteiger partial charge in [-0.2, -0.15) is 0 Å². The maximum absolute atomic E-state index is 10.5. The summed E-state index contributed by atoms with van der Waals surface area (Å²) in [7, 11) is 0. The fourth-order valence-electron chi connectivity index (χ4n) is 2.18. The highest BCUT2D eigenvalue weighted by Crippen LogP contribution is 2.29. The number of carboxylic acids is 1. The van der Waals surface area contributed by atoms with Crippen LogP contribution in [0.5, 0.6) is 0 Å². The molecule has 0 spiro atoms. The predicted octanol–water partition coefficient (Wildman–Crippen LogP) is 2.23. The van der Waals surface area contributed by atoms with Gasteiger partial charge in [-0.3, -0.25) is 4.79 Å². The molecule has 0 amide bonds. The molecular weight excluding hydrogens is 232 g/mol. The summed E-state index contributed by atoms with van der Waals surface area (Å²) in [5.74, 6) is -1.43. The fraction of sp³-hybridized carbons (Fsp3) is 0.500. The summed E-state index contributed by atoms with van der Waals surface area (Å²) < 4.78 is 11.5. The normalized spacial score (nSPS) is 27.3. The van der Waals surface area contributed by atoms with E-state index in [1.54, 1.807) is 0 Å². The highest BCUT2D eigenvalue weighted by Gasteiger charge is 2.37. The SMILES string of the molecule is CC1(Cc2ccccc2)OCC(CCC(=O)O)O1. The van der Waals surface area contributed by atoms with Crippen molar-refractivity contribution in [3.05, 3.63) is 35.9 Å². The summed E-state index contributed by atoms with van der Waals surface area (Å²) in [6.45, 7) is 2.37. The van der Waals surface area contributed by atoms with Crippen molar-refractivity contribution in [3.8, 4) is 0 Å². The van der Waals surface area contributed by atoms with Crippen LogP contribution in [0.1, 0.15) is 25.3 Å². The molecule has 2 rings (SSSR count). The van der Waals surface area contributed by atoms with Crippen molar-refractivity contribution < 1.29 is 19.4 Å². The van der Waals surface area contributed by atoms with Gasteiger partial charge in [-0.15, -0.1) is 0 Å². The van der Waals surface area contributed by atoms with E-state index in [2.05, 4.69) is 0 Å². The molecule has 2 atom stereocenters. The minimum absolute atomic E-state index is 0.116. The van der Waals surface area contributed by atoms with Crippen molar-refractivity contribution >= 4 is 5.97 Å². The Balaban J connectivity index is 1.88. The molecule has 1 heterocycles. The minimum atomic E-state index is -0.796. The standard InChI is InChI=1S/C14H18O4/c1-14(9-11-5-3-2-4-6-11)17-10-12(18-14)7-8-13(15)16/h2-6,12H,7-10H2,1H3,(H,15,16). The molecule has 4 nitrogen and oxygen atoms in total. The van der Waals surface area contributed by atoms with E-state index in [9.17, 15) is 4.79 Å². The number of carboxylic acid groups (broad SMARTS) is 1. The molecular formula is C14H18O4. The summed E-state index contributed by atoms with van der Waals surface area (Å²) in [5.41, 5.74) is 1.15. The smallest absolute Gasteiger partial charge is 0.303 e. The zero-order valence-corrected chi connectivity index (χ0v) is 10.5. The van der Waals surface area contributed by atoms with Crippen LogP contribution >= 0.6 is 0 Å². The second kappa shape index (κ2) is 5.50. The first kappa shape index (κ1) is 13.1. The Kier molecular flexibility index (Phi) is 3.99. The van der Waals surface area contributed by atoms with E-state index < -0.39 is 11.8 Å². The second-order valence-corrected chi connectivity index (χ2v) is 4.78. The molecule has 0 bridgehead atoms. The quantitative estimate of drug-likeness (QED) is 0.870. The van der Waals surface area contributed by atoms with Crippen LogP contribution in [-0.4, -0.2) is 29.6 Å². The molecule has 98 valence electrons. The molecule has 1 aromatic rings. The Morgan fingerprint density at radius 1 is 1.44 bits per heavy atom. The van der Waals surface area contributed by atoms with Gasteiger partial charge in [0.25, 0.3) is 0 Å². The van der Waals surface area contributed by atoms with Crippen LogP contribution < -0.4 is 0 Å². The van der Waals surface area contributed by atoms with Crippen molar-refractivity contribution in [3.63, 3.8) is 0 Å². The van der Waals surface area contributed by atoms with Gasteiger partial charge in [-0.05, 0) is 18.9 Å².